The monoisotopic (exact) mass is 273 g/mol. The summed E-state index contributed by atoms with van der Waals surface area (Å²) in [5, 5.41) is 14.4. The molecule has 0 spiro atoms. The van der Waals surface area contributed by atoms with Crippen molar-refractivity contribution in [2.75, 3.05) is 13.2 Å². The Kier molecular flexibility index (Phi) is 5.74. The Morgan fingerprint density at radius 2 is 2.17 bits per heavy atom. The maximum Gasteiger partial charge on any atom is 0.329 e. The minimum absolute atomic E-state index is 0.207. The highest BCUT2D eigenvalue weighted by Gasteiger charge is 2.08. The molecule has 9 heteroatoms. The van der Waals surface area contributed by atoms with Gasteiger partial charge in [0.25, 0.3) is 5.91 Å². The summed E-state index contributed by atoms with van der Waals surface area (Å²) >= 11 is 1.39. The van der Waals surface area contributed by atoms with E-state index in [1.165, 1.54) is 11.3 Å². The van der Waals surface area contributed by atoms with Gasteiger partial charge in [-0.05, 0) is 0 Å². The van der Waals surface area contributed by atoms with Crippen molar-refractivity contribution in [2.24, 2.45) is 0 Å². The second-order valence-corrected chi connectivity index (χ2v) is 3.82. The minimum atomic E-state index is -1.18. The van der Waals surface area contributed by atoms with Gasteiger partial charge in [0.2, 0.25) is 0 Å². The summed E-state index contributed by atoms with van der Waals surface area (Å²) in [6.45, 7) is -0.872. The molecule has 1 aromatic heterocycles. The number of rotatable bonds is 6. The summed E-state index contributed by atoms with van der Waals surface area (Å²) in [6, 6.07) is -0.688. The number of carbonyl (C=O) groups excluding carboxylic acids is 2. The lowest BCUT2D eigenvalue weighted by molar-refractivity contribution is -0.143. The third kappa shape index (κ3) is 5.92. The van der Waals surface area contributed by atoms with E-state index in [-0.39, 0.29) is 6.54 Å². The molecule has 3 amide bonds. The molecule has 0 saturated carbocycles. The zero-order valence-electron chi connectivity index (χ0n) is 9.21. The standard InChI is InChI=1S/C9H11N3O5S/c13-7(2-17-3-8(14)15)12-9(16)10-1-6-4-18-5-11-6/h4-5H,1-3H2,(H,14,15)(H2,10,12,13,16). The van der Waals surface area contributed by atoms with Gasteiger partial charge in [0.05, 0.1) is 17.7 Å². The van der Waals surface area contributed by atoms with Crippen LogP contribution in [0, 0.1) is 0 Å². The van der Waals surface area contributed by atoms with Crippen molar-refractivity contribution >= 4 is 29.2 Å². The van der Waals surface area contributed by atoms with Crippen molar-refractivity contribution in [1.29, 1.82) is 0 Å². The number of aliphatic carboxylic acids is 1. The fourth-order valence-corrected chi connectivity index (χ4v) is 1.49. The van der Waals surface area contributed by atoms with E-state index in [2.05, 4.69) is 15.0 Å². The van der Waals surface area contributed by atoms with Gasteiger partial charge in [-0.15, -0.1) is 11.3 Å². The number of carbonyl (C=O) groups is 3. The molecular formula is C9H11N3O5S. The van der Waals surface area contributed by atoms with Gasteiger partial charge in [0, 0.05) is 5.38 Å². The van der Waals surface area contributed by atoms with Crippen LogP contribution in [0.2, 0.25) is 0 Å². The number of thiazole rings is 1. The Bertz CT molecular complexity index is 420. The molecule has 0 atom stereocenters. The Morgan fingerprint density at radius 1 is 1.39 bits per heavy atom. The van der Waals surface area contributed by atoms with Gasteiger partial charge >= 0.3 is 12.0 Å². The van der Waals surface area contributed by atoms with Crippen molar-refractivity contribution in [2.45, 2.75) is 6.54 Å². The first-order valence-electron chi connectivity index (χ1n) is 4.82. The third-order valence-corrected chi connectivity index (χ3v) is 2.26. The number of nitrogens with one attached hydrogen (secondary N) is 2. The van der Waals surface area contributed by atoms with Crippen LogP contribution >= 0.6 is 11.3 Å². The van der Waals surface area contributed by atoms with Crippen LogP contribution in [0.15, 0.2) is 10.9 Å². The molecule has 0 aromatic carbocycles. The molecule has 0 saturated heterocycles. The van der Waals surface area contributed by atoms with Gasteiger partial charge in [-0.2, -0.15) is 0 Å². The summed E-state index contributed by atoms with van der Waals surface area (Å²) in [5.74, 6) is -1.90. The van der Waals surface area contributed by atoms with Crippen molar-refractivity contribution in [3.8, 4) is 0 Å². The largest absolute Gasteiger partial charge is 0.480 e. The maximum absolute atomic E-state index is 11.2. The first-order chi connectivity index (χ1) is 8.58. The number of carboxylic acids is 1. The number of ether oxygens (including phenoxy) is 1. The Labute approximate surface area is 106 Å². The summed E-state index contributed by atoms with van der Waals surface area (Å²) in [4.78, 5) is 36.3. The highest BCUT2D eigenvalue weighted by Crippen LogP contribution is 1.99. The van der Waals surface area contributed by atoms with Gasteiger partial charge in [0.15, 0.2) is 0 Å². The second kappa shape index (κ2) is 7.35. The average Bonchev–Trinajstić information content (AvgIpc) is 2.78. The van der Waals surface area contributed by atoms with Gasteiger partial charge in [0.1, 0.15) is 13.2 Å². The Morgan fingerprint density at radius 3 is 2.78 bits per heavy atom. The topological polar surface area (TPSA) is 118 Å². The molecule has 98 valence electrons. The predicted molar refractivity (Wildman–Crippen MR) is 60.9 cm³/mol. The van der Waals surface area contributed by atoms with Gasteiger partial charge < -0.3 is 15.2 Å². The average molecular weight is 273 g/mol. The molecule has 8 nitrogen and oxygen atoms in total. The SMILES string of the molecule is O=C(O)COCC(=O)NC(=O)NCc1cscn1. The summed E-state index contributed by atoms with van der Waals surface area (Å²) < 4.78 is 4.51. The fourth-order valence-electron chi connectivity index (χ4n) is 0.934. The normalized spacial score (nSPS) is 9.78. The maximum atomic E-state index is 11.2. The van der Waals surface area contributed by atoms with E-state index >= 15 is 0 Å². The van der Waals surface area contributed by atoms with Crippen molar-refractivity contribution in [1.82, 2.24) is 15.6 Å². The molecule has 0 aliphatic heterocycles. The van der Waals surface area contributed by atoms with Crippen molar-refractivity contribution in [3.63, 3.8) is 0 Å². The Hall–Kier alpha value is -2.00. The lowest BCUT2D eigenvalue weighted by atomic mass is 10.5. The van der Waals surface area contributed by atoms with Gasteiger partial charge in [-0.3, -0.25) is 10.1 Å². The molecule has 3 N–H and O–H groups in total. The molecule has 0 fully saturated rings. The molecule has 1 aromatic rings. The predicted octanol–water partition coefficient (Wildman–Crippen LogP) is -0.430. The zero-order chi connectivity index (χ0) is 13.4. The zero-order valence-corrected chi connectivity index (χ0v) is 10.0. The van der Waals surface area contributed by atoms with E-state index in [0.29, 0.717) is 5.69 Å². The highest BCUT2D eigenvalue weighted by atomic mass is 32.1. The van der Waals surface area contributed by atoms with E-state index in [4.69, 9.17) is 5.11 Å². The summed E-state index contributed by atoms with van der Waals surface area (Å²) in [7, 11) is 0. The third-order valence-electron chi connectivity index (χ3n) is 1.63. The molecule has 1 heterocycles. The van der Waals surface area contributed by atoms with Crippen molar-refractivity contribution < 1.29 is 24.2 Å². The number of hydrogen-bond acceptors (Lipinski definition) is 6. The van der Waals surface area contributed by atoms with E-state index < -0.39 is 31.1 Å². The second-order valence-electron chi connectivity index (χ2n) is 3.10. The summed E-state index contributed by atoms with van der Waals surface area (Å²) in [5.41, 5.74) is 2.31. The van der Waals surface area contributed by atoms with E-state index in [0.717, 1.165) is 0 Å². The number of carboxylic acid groups (broad SMARTS) is 1. The molecule has 0 unspecified atom stereocenters. The van der Waals surface area contributed by atoms with Crippen LogP contribution in [-0.4, -0.2) is 41.2 Å². The van der Waals surface area contributed by atoms with Crippen LogP contribution in [0.4, 0.5) is 4.79 Å². The number of hydrogen-bond donors (Lipinski definition) is 3. The molecule has 0 bridgehead atoms. The van der Waals surface area contributed by atoms with Crippen LogP contribution < -0.4 is 10.6 Å². The number of urea groups is 1. The smallest absolute Gasteiger partial charge is 0.329 e. The summed E-state index contributed by atoms with van der Waals surface area (Å²) in [6.07, 6.45) is 0. The lowest BCUT2D eigenvalue weighted by Crippen LogP contribution is -2.41. The molecule has 0 aliphatic rings. The van der Waals surface area contributed by atoms with E-state index in [9.17, 15) is 14.4 Å². The first-order valence-corrected chi connectivity index (χ1v) is 5.76. The molecular weight excluding hydrogens is 262 g/mol. The molecule has 0 aliphatic carbocycles. The highest BCUT2D eigenvalue weighted by molar-refractivity contribution is 7.07. The van der Waals surface area contributed by atoms with Gasteiger partial charge in [-0.25, -0.2) is 14.6 Å². The van der Waals surface area contributed by atoms with Crippen LogP contribution in [-0.2, 0) is 20.9 Å². The van der Waals surface area contributed by atoms with Crippen molar-refractivity contribution in [3.05, 3.63) is 16.6 Å². The van der Waals surface area contributed by atoms with Crippen LogP contribution in [0.3, 0.4) is 0 Å². The van der Waals surface area contributed by atoms with Crippen LogP contribution in [0.1, 0.15) is 5.69 Å². The lowest BCUT2D eigenvalue weighted by Gasteiger charge is -2.05. The molecule has 18 heavy (non-hydrogen) atoms. The number of imide groups is 1. The minimum Gasteiger partial charge on any atom is -0.480 e. The van der Waals surface area contributed by atoms with Gasteiger partial charge in [-0.1, -0.05) is 0 Å². The van der Waals surface area contributed by atoms with Crippen LogP contribution in [0.25, 0.3) is 0 Å². The van der Waals surface area contributed by atoms with E-state index in [1.807, 2.05) is 5.32 Å². The number of aromatic nitrogens is 1. The Balaban J connectivity index is 2.15. The quantitative estimate of drug-likeness (QED) is 0.647. The van der Waals surface area contributed by atoms with Crippen LogP contribution in [0.5, 0.6) is 0 Å². The van der Waals surface area contributed by atoms with E-state index in [1.54, 1.807) is 10.9 Å². The fraction of sp³-hybridized carbons (Fsp3) is 0.333. The molecule has 1 rings (SSSR count). The number of nitrogens with zero attached hydrogens (tertiary/aromatic N) is 1. The molecule has 0 radical (unpaired) electrons. The first kappa shape index (κ1) is 14.1. The number of amides is 3.